The van der Waals surface area contributed by atoms with Crippen molar-refractivity contribution in [2.24, 2.45) is 13.0 Å². The number of hydrogen-bond acceptors (Lipinski definition) is 2. The highest BCUT2D eigenvalue weighted by molar-refractivity contribution is 6.39. The first-order chi connectivity index (χ1) is 9.08. The Hall–Kier alpha value is -1.19. The zero-order chi connectivity index (χ0) is 13.6. The Morgan fingerprint density at radius 3 is 2.47 bits per heavy atom. The van der Waals surface area contributed by atoms with E-state index in [1.165, 1.54) is 12.8 Å². The van der Waals surface area contributed by atoms with Crippen LogP contribution in [0.2, 0.25) is 10.0 Å². The van der Waals surface area contributed by atoms with Crippen molar-refractivity contribution in [3.8, 4) is 11.1 Å². The van der Waals surface area contributed by atoms with Crippen molar-refractivity contribution in [3.63, 3.8) is 0 Å². The third-order valence-electron chi connectivity index (χ3n) is 3.56. The number of anilines is 1. The van der Waals surface area contributed by atoms with E-state index in [1.807, 2.05) is 25.2 Å². The molecule has 2 N–H and O–H groups in total. The first kappa shape index (κ1) is 12.8. The van der Waals surface area contributed by atoms with Crippen molar-refractivity contribution in [2.75, 3.05) is 5.73 Å². The minimum absolute atomic E-state index is 0.615. The van der Waals surface area contributed by atoms with Crippen LogP contribution in [-0.2, 0) is 13.5 Å². The summed E-state index contributed by atoms with van der Waals surface area (Å²) in [5, 5.41) is 5.75. The van der Waals surface area contributed by atoms with Crippen LogP contribution in [0.4, 0.5) is 5.82 Å². The highest BCUT2D eigenvalue weighted by atomic mass is 35.5. The Bertz CT molecular complexity index is 610. The predicted molar refractivity (Wildman–Crippen MR) is 79.5 cm³/mol. The molecule has 19 heavy (non-hydrogen) atoms. The van der Waals surface area contributed by atoms with Gasteiger partial charge < -0.3 is 5.73 Å². The number of nitrogen functional groups attached to an aromatic ring is 1. The van der Waals surface area contributed by atoms with Crippen LogP contribution in [0, 0.1) is 5.92 Å². The van der Waals surface area contributed by atoms with Crippen LogP contribution in [0.5, 0.6) is 0 Å². The van der Waals surface area contributed by atoms with E-state index < -0.39 is 0 Å². The van der Waals surface area contributed by atoms with E-state index in [0.29, 0.717) is 15.9 Å². The molecular formula is C14H15Cl2N3. The second-order valence-corrected chi connectivity index (χ2v) is 5.89. The Morgan fingerprint density at radius 2 is 1.89 bits per heavy atom. The normalized spacial score (nSPS) is 14.9. The SMILES string of the molecule is Cn1nc(CC2CC2)c(-c2c(Cl)cccc2Cl)c1N. The van der Waals surface area contributed by atoms with E-state index in [1.54, 1.807) is 4.68 Å². The van der Waals surface area contributed by atoms with Gasteiger partial charge in [0.15, 0.2) is 0 Å². The second-order valence-electron chi connectivity index (χ2n) is 5.07. The van der Waals surface area contributed by atoms with E-state index in [-0.39, 0.29) is 0 Å². The van der Waals surface area contributed by atoms with Crippen molar-refractivity contribution in [1.82, 2.24) is 9.78 Å². The van der Waals surface area contributed by atoms with Crippen molar-refractivity contribution < 1.29 is 0 Å². The van der Waals surface area contributed by atoms with Crippen molar-refractivity contribution in [2.45, 2.75) is 19.3 Å². The average Bonchev–Trinajstić information content (AvgIpc) is 3.11. The molecule has 1 aliphatic carbocycles. The molecule has 5 heteroatoms. The van der Waals surface area contributed by atoms with Gasteiger partial charge in [-0.15, -0.1) is 0 Å². The molecule has 0 amide bonds. The third kappa shape index (κ3) is 2.33. The Kier molecular flexibility index (Phi) is 3.19. The predicted octanol–water partition coefficient (Wildman–Crippen LogP) is 3.93. The van der Waals surface area contributed by atoms with Crippen LogP contribution in [0.3, 0.4) is 0 Å². The van der Waals surface area contributed by atoms with Gasteiger partial charge >= 0.3 is 0 Å². The number of nitrogens with two attached hydrogens (primary N) is 1. The largest absolute Gasteiger partial charge is 0.383 e. The summed E-state index contributed by atoms with van der Waals surface area (Å²) in [7, 11) is 1.85. The molecule has 100 valence electrons. The van der Waals surface area contributed by atoms with Gasteiger partial charge in [-0.25, -0.2) is 0 Å². The van der Waals surface area contributed by atoms with Crippen LogP contribution in [0.25, 0.3) is 11.1 Å². The molecule has 0 aliphatic heterocycles. The molecule has 0 atom stereocenters. The van der Waals surface area contributed by atoms with Crippen LogP contribution >= 0.6 is 23.2 Å². The Labute approximate surface area is 122 Å². The average molecular weight is 296 g/mol. The highest BCUT2D eigenvalue weighted by Gasteiger charge is 2.27. The van der Waals surface area contributed by atoms with Crippen LogP contribution in [-0.4, -0.2) is 9.78 Å². The highest BCUT2D eigenvalue weighted by Crippen LogP contribution is 2.42. The number of benzene rings is 1. The lowest BCUT2D eigenvalue weighted by Crippen LogP contribution is -1.98. The molecule has 1 aliphatic rings. The summed E-state index contributed by atoms with van der Waals surface area (Å²) in [6.07, 6.45) is 3.49. The summed E-state index contributed by atoms with van der Waals surface area (Å²) in [5.41, 5.74) is 8.84. The number of halogens is 2. The van der Waals surface area contributed by atoms with Gasteiger partial charge in [-0.2, -0.15) is 5.10 Å². The molecule has 3 nitrogen and oxygen atoms in total. The number of rotatable bonds is 3. The zero-order valence-corrected chi connectivity index (χ0v) is 12.2. The fourth-order valence-electron chi connectivity index (χ4n) is 2.34. The van der Waals surface area contributed by atoms with Crippen molar-refractivity contribution >= 4 is 29.0 Å². The van der Waals surface area contributed by atoms with Gasteiger partial charge in [0.25, 0.3) is 0 Å². The maximum Gasteiger partial charge on any atom is 0.129 e. The summed E-state index contributed by atoms with van der Waals surface area (Å²) < 4.78 is 1.70. The number of nitrogens with zero attached hydrogens (tertiary/aromatic N) is 2. The molecule has 1 fully saturated rings. The van der Waals surface area contributed by atoms with Crippen LogP contribution < -0.4 is 5.73 Å². The molecule has 1 aromatic heterocycles. The lowest BCUT2D eigenvalue weighted by molar-refractivity contribution is 0.722. The minimum atomic E-state index is 0.615. The van der Waals surface area contributed by atoms with E-state index in [2.05, 4.69) is 5.10 Å². The summed E-state index contributed by atoms with van der Waals surface area (Å²) in [6.45, 7) is 0. The molecular weight excluding hydrogens is 281 g/mol. The Morgan fingerprint density at radius 1 is 1.26 bits per heavy atom. The molecule has 1 aromatic carbocycles. The summed E-state index contributed by atoms with van der Waals surface area (Å²) in [5.74, 6) is 1.35. The standard InChI is InChI=1S/C14H15Cl2N3/c1-19-14(17)13(11(18-19)7-8-5-6-8)12-9(15)3-2-4-10(12)16/h2-4,8H,5-7,17H2,1H3. The molecule has 3 rings (SSSR count). The lowest BCUT2D eigenvalue weighted by atomic mass is 10.0. The molecule has 0 saturated heterocycles. The van der Waals surface area contributed by atoms with E-state index in [4.69, 9.17) is 28.9 Å². The monoisotopic (exact) mass is 295 g/mol. The number of aromatic nitrogens is 2. The van der Waals surface area contributed by atoms with E-state index in [0.717, 1.165) is 29.2 Å². The molecule has 2 aromatic rings. The number of hydrogen-bond donors (Lipinski definition) is 1. The van der Waals surface area contributed by atoms with Gasteiger partial charge in [0, 0.05) is 18.2 Å². The topological polar surface area (TPSA) is 43.8 Å². The van der Waals surface area contributed by atoms with E-state index in [9.17, 15) is 0 Å². The summed E-state index contributed by atoms with van der Waals surface area (Å²) in [4.78, 5) is 0. The molecule has 0 radical (unpaired) electrons. The smallest absolute Gasteiger partial charge is 0.129 e. The van der Waals surface area contributed by atoms with Gasteiger partial charge in [0.05, 0.1) is 15.7 Å². The number of aryl methyl sites for hydroxylation is 1. The molecule has 0 bridgehead atoms. The van der Waals surface area contributed by atoms with Crippen molar-refractivity contribution in [3.05, 3.63) is 33.9 Å². The second kappa shape index (κ2) is 4.73. The van der Waals surface area contributed by atoms with Crippen LogP contribution in [0.15, 0.2) is 18.2 Å². The third-order valence-corrected chi connectivity index (χ3v) is 4.19. The van der Waals surface area contributed by atoms with Gasteiger partial charge in [0.1, 0.15) is 5.82 Å². The van der Waals surface area contributed by atoms with Gasteiger partial charge in [-0.05, 0) is 37.3 Å². The van der Waals surface area contributed by atoms with Gasteiger partial charge in [0.2, 0.25) is 0 Å². The Balaban J connectivity index is 2.17. The van der Waals surface area contributed by atoms with Crippen molar-refractivity contribution in [1.29, 1.82) is 0 Å². The van der Waals surface area contributed by atoms with Crippen LogP contribution in [0.1, 0.15) is 18.5 Å². The summed E-state index contributed by atoms with van der Waals surface area (Å²) >= 11 is 12.6. The molecule has 0 spiro atoms. The first-order valence-corrected chi connectivity index (χ1v) is 7.09. The van der Waals surface area contributed by atoms with Gasteiger partial charge in [-0.3, -0.25) is 4.68 Å². The van der Waals surface area contributed by atoms with Gasteiger partial charge in [-0.1, -0.05) is 29.3 Å². The maximum atomic E-state index is 6.29. The minimum Gasteiger partial charge on any atom is -0.383 e. The van der Waals surface area contributed by atoms with E-state index >= 15 is 0 Å². The zero-order valence-electron chi connectivity index (χ0n) is 10.7. The molecule has 1 heterocycles. The molecule has 0 unspecified atom stereocenters. The molecule has 1 saturated carbocycles. The fourth-order valence-corrected chi connectivity index (χ4v) is 2.93. The lowest BCUT2D eigenvalue weighted by Gasteiger charge is -2.08. The summed E-state index contributed by atoms with van der Waals surface area (Å²) in [6, 6.07) is 5.49. The quantitative estimate of drug-likeness (QED) is 0.932. The maximum absolute atomic E-state index is 6.29. The first-order valence-electron chi connectivity index (χ1n) is 6.33. The fraction of sp³-hybridized carbons (Fsp3) is 0.357.